The number of rotatable bonds is 10. The van der Waals surface area contributed by atoms with Gasteiger partial charge in [0.1, 0.15) is 22.8 Å². The zero-order chi connectivity index (χ0) is 46.6. The smallest absolute Gasteiger partial charge is 0.159 e. The summed E-state index contributed by atoms with van der Waals surface area (Å²) in [6.07, 6.45) is 1.91. The van der Waals surface area contributed by atoms with Crippen LogP contribution in [0, 0.1) is 11.6 Å². The monoisotopic (exact) mass is 892 g/mol. The minimum atomic E-state index is -0.306. The van der Waals surface area contributed by atoms with Gasteiger partial charge in [0.15, 0.2) is 11.2 Å². The van der Waals surface area contributed by atoms with E-state index in [1.807, 2.05) is 24.3 Å². The normalized spacial score (nSPS) is 12.5. The van der Waals surface area contributed by atoms with Crippen molar-refractivity contribution in [3.05, 3.63) is 193 Å². The summed E-state index contributed by atoms with van der Waals surface area (Å²) in [5.41, 5.74) is 10.6. The van der Waals surface area contributed by atoms with E-state index in [9.17, 15) is 8.78 Å². The van der Waals surface area contributed by atoms with Crippen LogP contribution in [0.5, 0.6) is 0 Å². The molecule has 2 aromatic heterocycles. The highest BCUT2D eigenvalue weighted by molar-refractivity contribution is 6.29. The van der Waals surface area contributed by atoms with Crippen molar-refractivity contribution in [2.45, 2.75) is 65.2 Å². The van der Waals surface area contributed by atoms with Crippen molar-refractivity contribution in [3.63, 3.8) is 0 Å². The molecule has 68 heavy (non-hydrogen) atoms. The molecule has 2 heterocycles. The second-order valence-corrected chi connectivity index (χ2v) is 19.6. The number of benzene rings is 10. The number of anilines is 6. The van der Waals surface area contributed by atoms with Gasteiger partial charge in [-0.2, -0.15) is 0 Å². The average Bonchev–Trinajstić information content (AvgIpc) is 3.95. The molecule has 0 aliphatic heterocycles. The van der Waals surface area contributed by atoms with E-state index in [1.165, 1.54) is 35.4 Å². The van der Waals surface area contributed by atoms with Gasteiger partial charge in [-0.15, -0.1) is 0 Å². The lowest BCUT2D eigenvalue weighted by atomic mass is 9.81. The van der Waals surface area contributed by atoms with Crippen LogP contribution in [0.2, 0.25) is 0 Å². The summed E-state index contributed by atoms with van der Waals surface area (Å²) in [6.45, 7) is 13.5. The quantitative estimate of drug-likeness (QED) is 0.128. The van der Waals surface area contributed by atoms with Gasteiger partial charge >= 0.3 is 0 Å². The van der Waals surface area contributed by atoms with Crippen molar-refractivity contribution < 1.29 is 17.6 Å². The lowest BCUT2D eigenvalue weighted by Crippen LogP contribution is -2.15. The number of halogens is 2. The van der Waals surface area contributed by atoms with Crippen LogP contribution in [-0.4, -0.2) is 0 Å². The van der Waals surface area contributed by atoms with Gasteiger partial charge in [0, 0.05) is 54.8 Å². The molecule has 0 atom stereocenters. The van der Waals surface area contributed by atoms with Crippen LogP contribution in [0.4, 0.5) is 42.9 Å². The molecule has 0 saturated heterocycles. The van der Waals surface area contributed by atoms with Gasteiger partial charge in [-0.25, -0.2) is 8.78 Å². The maximum Gasteiger partial charge on any atom is 0.159 e. The summed E-state index contributed by atoms with van der Waals surface area (Å²) in [4.78, 5) is 4.42. The van der Waals surface area contributed by atoms with Gasteiger partial charge in [0.05, 0.1) is 22.7 Å². The Morgan fingerprint density at radius 2 is 0.721 bits per heavy atom. The second kappa shape index (κ2) is 15.4. The van der Waals surface area contributed by atoms with Crippen LogP contribution in [0.25, 0.3) is 76.2 Å². The van der Waals surface area contributed by atoms with Crippen molar-refractivity contribution in [1.29, 1.82) is 0 Å². The summed E-state index contributed by atoms with van der Waals surface area (Å²) in [6, 6.07) is 56.4. The van der Waals surface area contributed by atoms with Crippen LogP contribution < -0.4 is 9.80 Å². The molecular weight excluding hydrogens is 843 g/mol. The van der Waals surface area contributed by atoms with Crippen molar-refractivity contribution in [3.8, 4) is 0 Å². The number of fused-ring (bicyclic) bond motifs is 6. The molecule has 0 N–H and O–H groups in total. The van der Waals surface area contributed by atoms with Gasteiger partial charge in [-0.05, 0) is 118 Å². The Labute approximate surface area is 393 Å². The highest BCUT2D eigenvalue weighted by atomic mass is 19.1. The summed E-state index contributed by atoms with van der Waals surface area (Å²) in [7, 11) is 0. The minimum Gasteiger partial charge on any atom is -0.454 e. The first kappa shape index (κ1) is 41.7. The van der Waals surface area contributed by atoms with E-state index in [-0.39, 0.29) is 22.5 Å². The maximum absolute atomic E-state index is 14.8. The van der Waals surface area contributed by atoms with Gasteiger partial charge in [-0.3, -0.25) is 0 Å². The third-order valence-corrected chi connectivity index (χ3v) is 15.0. The molecule has 0 aliphatic carbocycles. The molecule has 4 nitrogen and oxygen atoms in total. The predicted molar refractivity (Wildman–Crippen MR) is 281 cm³/mol. The number of hydrogen-bond donors (Lipinski definition) is 0. The Hall–Kier alpha value is -7.70. The van der Waals surface area contributed by atoms with Gasteiger partial charge in [0.2, 0.25) is 0 Å². The minimum absolute atomic E-state index is 0.102. The molecule has 0 unspecified atom stereocenters. The Balaban J connectivity index is 1.11. The number of nitrogens with zero attached hydrogens (tertiary/aromatic N) is 2. The van der Waals surface area contributed by atoms with Crippen molar-refractivity contribution in [2.24, 2.45) is 0 Å². The van der Waals surface area contributed by atoms with E-state index in [1.54, 1.807) is 0 Å². The number of hydrogen-bond acceptors (Lipinski definition) is 4. The van der Waals surface area contributed by atoms with Crippen molar-refractivity contribution in [2.75, 3.05) is 9.80 Å². The first-order chi connectivity index (χ1) is 33.0. The molecule has 0 aliphatic rings. The highest BCUT2D eigenvalue weighted by Gasteiger charge is 2.29. The van der Waals surface area contributed by atoms with Crippen LogP contribution in [0.3, 0.4) is 0 Å². The Kier molecular flexibility index (Phi) is 9.46. The summed E-state index contributed by atoms with van der Waals surface area (Å²) in [5, 5.41) is 10.6. The third kappa shape index (κ3) is 6.30. The third-order valence-electron chi connectivity index (χ3n) is 15.0. The van der Waals surface area contributed by atoms with Crippen LogP contribution in [0.1, 0.15) is 65.5 Å². The zero-order valence-corrected chi connectivity index (χ0v) is 39.0. The fourth-order valence-corrected chi connectivity index (χ4v) is 10.6. The lowest BCUT2D eigenvalue weighted by Gasteiger charge is -2.29. The molecule has 10 aromatic carbocycles. The maximum atomic E-state index is 14.8. The van der Waals surface area contributed by atoms with E-state index < -0.39 is 0 Å². The first-order valence-corrected chi connectivity index (χ1v) is 23.7. The van der Waals surface area contributed by atoms with Crippen LogP contribution in [0.15, 0.2) is 179 Å². The summed E-state index contributed by atoms with van der Waals surface area (Å²) < 4.78 is 43.6. The molecule has 0 fully saturated rings. The topological polar surface area (TPSA) is 32.8 Å². The molecular formula is C62H50F2N2O2. The molecule has 0 spiro atoms. The average molecular weight is 893 g/mol. The first-order valence-electron chi connectivity index (χ1n) is 23.7. The zero-order valence-electron chi connectivity index (χ0n) is 39.0. The fraction of sp³-hybridized carbons (Fsp3) is 0.161. The van der Waals surface area contributed by atoms with E-state index in [2.05, 4.69) is 173 Å². The van der Waals surface area contributed by atoms with Crippen LogP contribution in [-0.2, 0) is 10.8 Å². The Morgan fingerprint density at radius 1 is 0.368 bits per heavy atom. The lowest BCUT2D eigenvalue weighted by molar-refractivity contribution is 0.500. The van der Waals surface area contributed by atoms with Gasteiger partial charge < -0.3 is 18.6 Å². The summed E-state index contributed by atoms with van der Waals surface area (Å²) >= 11 is 0. The van der Waals surface area contributed by atoms with E-state index in [0.29, 0.717) is 0 Å². The SMILES string of the molecule is CCC(C)(C)c1cccc2c1oc1c(N(c3ccc(F)cc3)c3ccc4ccc5c(N(c6ccc(F)cc6)c6cccc7c6oc6c(C(C)(C)CC)cccc67)ccc6ccc3c4c65)cccc12. The molecule has 0 radical (unpaired) electrons. The molecule has 6 heteroatoms. The van der Waals surface area contributed by atoms with Crippen molar-refractivity contribution in [1.82, 2.24) is 0 Å². The molecule has 0 saturated carbocycles. The van der Waals surface area contributed by atoms with Crippen molar-refractivity contribution >= 4 is 110 Å². The number of furan rings is 2. The van der Waals surface area contributed by atoms with E-state index in [4.69, 9.17) is 8.83 Å². The van der Waals surface area contributed by atoms with Gasteiger partial charge in [-0.1, -0.05) is 139 Å². The Bertz CT molecular complexity index is 3660. The molecule has 12 aromatic rings. The molecule has 0 amide bonds. The standard InChI is InChI=1S/C62H50F2N2O2/c1-7-61(3,4)49-17-9-13-43-45-15-11-19-53(59(45)67-57(43)49)65(41-29-25-39(63)26-30-41)51-35-23-37-22-34-48-52(36-24-38-21-33-47(51)55(37)56(38)48)66(42-31-27-40(64)28-32-42)54-20-12-16-46-44-14-10-18-50(62(5,6)8-2)58(44)68-60(46)54/h9-36H,7-8H2,1-6H3. The predicted octanol–water partition coefficient (Wildman–Crippen LogP) is 19.0. The molecule has 334 valence electrons. The molecule has 12 rings (SSSR count). The second-order valence-electron chi connectivity index (χ2n) is 19.6. The van der Waals surface area contributed by atoms with Gasteiger partial charge in [0.25, 0.3) is 0 Å². The van der Waals surface area contributed by atoms with E-state index in [0.717, 1.165) is 123 Å². The fourth-order valence-electron chi connectivity index (χ4n) is 10.6. The summed E-state index contributed by atoms with van der Waals surface area (Å²) in [5.74, 6) is -0.612. The van der Waals surface area contributed by atoms with Crippen LogP contribution >= 0.6 is 0 Å². The highest BCUT2D eigenvalue weighted by Crippen LogP contribution is 2.51. The number of para-hydroxylation sites is 4. The Morgan fingerprint density at radius 3 is 1.10 bits per heavy atom. The molecule has 0 bridgehead atoms. The largest absolute Gasteiger partial charge is 0.454 e. The van der Waals surface area contributed by atoms with E-state index >= 15 is 0 Å².